The van der Waals surface area contributed by atoms with Crippen LogP contribution in [0.5, 0.6) is 11.5 Å². The maximum atomic E-state index is 12.9. The van der Waals surface area contributed by atoms with Crippen molar-refractivity contribution in [2.45, 2.75) is 26.4 Å². The van der Waals surface area contributed by atoms with Gasteiger partial charge in [0.25, 0.3) is 5.91 Å². The lowest BCUT2D eigenvalue weighted by Crippen LogP contribution is -2.28. The molecule has 0 fully saturated rings. The number of benzene rings is 2. The number of fused-ring (bicyclic) bond motifs is 2. The zero-order valence-electron chi connectivity index (χ0n) is 15.0. The Balaban J connectivity index is 1.58. The Labute approximate surface area is 152 Å². The molecule has 5 nitrogen and oxygen atoms in total. The lowest BCUT2D eigenvalue weighted by molar-refractivity contribution is 0.0931. The number of nitrogens with zero attached hydrogens (tertiary/aromatic N) is 1. The molecule has 0 saturated heterocycles. The minimum Gasteiger partial charge on any atom is -0.486 e. The molecule has 1 aliphatic heterocycles. The van der Waals surface area contributed by atoms with Crippen LogP contribution in [0.15, 0.2) is 48.5 Å². The molecule has 1 atom stereocenters. The number of aryl methyl sites for hydroxylation is 1. The van der Waals surface area contributed by atoms with Gasteiger partial charge in [-0.2, -0.15) is 0 Å². The molecule has 3 aromatic rings. The molecule has 1 unspecified atom stereocenters. The van der Waals surface area contributed by atoms with E-state index in [9.17, 15) is 4.79 Å². The average molecular weight is 350 g/mol. The number of rotatable bonds is 4. The Morgan fingerprint density at radius 3 is 2.69 bits per heavy atom. The van der Waals surface area contributed by atoms with Crippen LogP contribution >= 0.6 is 0 Å². The normalized spacial score (nSPS) is 14.2. The van der Waals surface area contributed by atoms with Gasteiger partial charge in [-0.1, -0.05) is 24.3 Å². The maximum absolute atomic E-state index is 12.9. The molecule has 0 spiro atoms. The van der Waals surface area contributed by atoms with E-state index in [1.165, 1.54) is 0 Å². The number of carbonyl (C=O) groups excluding carboxylic acids is 1. The summed E-state index contributed by atoms with van der Waals surface area (Å²) in [6.45, 7) is 5.89. The summed E-state index contributed by atoms with van der Waals surface area (Å²) < 4.78 is 13.2. The van der Waals surface area contributed by atoms with Crippen molar-refractivity contribution in [3.05, 3.63) is 59.8 Å². The highest BCUT2D eigenvalue weighted by Gasteiger charge is 2.19. The van der Waals surface area contributed by atoms with Crippen LogP contribution in [-0.2, 0) is 6.54 Å². The first kappa shape index (κ1) is 16.5. The number of amides is 1. The molecule has 26 heavy (non-hydrogen) atoms. The summed E-state index contributed by atoms with van der Waals surface area (Å²) in [5.41, 5.74) is 2.74. The summed E-state index contributed by atoms with van der Waals surface area (Å²) in [4.78, 5) is 12.9. The van der Waals surface area contributed by atoms with Gasteiger partial charge in [0.15, 0.2) is 11.5 Å². The van der Waals surface area contributed by atoms with Gasteiger partial charge in [0.2, 0.25) is 0 Å². The number of ether oxygens (including phenoxy) is 2. The first-order chi connectivity index (χ1) is 12.7. The molecule has 0 radical (unpaired) electrons. The molecule has 0 aliphatic carbocycles. The Kier molecular flexibility index (Phi) is 4.29. The molecule has 1 N–H and O–H groups in total. The Bertz CT molecular complexity index is 961. The van der Waals surface area contributed by atoms with Crippen LogP contribution in [0.3, 0.4) is 0 Å². The standard InChI is InChI=1S/C21H22N2O3/c1-3-23-17-7-5-4-6-16(17)12-18(23)21(24)22-14(2)15-8-9-19-20(13-15)26-11-10-25-19/h4-9,12-14H,3,10-11H2,1-2H3,(H,22,24). The molecule has 4 rings (SSSR count). The van der Waals surface area contributed by atoms with Gasteiger partial charge in [-0.3, -0.25) is 4.79 Å². The third-order valence-corrected chi connectivity index (χ3v) is 4.77. The monoisotopic (exact) mass is 350 g/mol. The van der Waals surface area contributed by atoms with Crippen LogP contribution < -0.4 is 14.8 Å². The van der Waals surface area contributed by atoms with Gasteiger partial charge in [-0.25, -0.2) is 0 Å². The topological polar surface area (TPSA) is 52.5 Å². The van der Waals surface area contributed by atoms with Gasteiger partial charge < -0.3 is 19.4 Å². The summed E-state index contributed by atoms with van der Waals surface area (Å²) in [6, 6.07) is 15.7. The van der Waals surface area contributed by atoms with E-state index < -0.39 is 0 Å². The zero-order valence-corrected chi connectivity index (χ0v) is 15.0. The van der Waals surface area contributed by atoms with E-state index in [1.807, 2.05) is 66.9 Å². The van der Waals surface area contributed by atoms with Gasteiger partial charge in [0.05, 0.1) is 6.04 Å². The SMILES string of the molecule is CCn1c(C(=O)NC(C)c2ccc3c(c2)OCCO3)cc2ccccc21. The Hall–Kier alpha value is -2.95. The minimum absolute atomic E-state index is 0.0783. The van der Waals surface area contributed by atoms with Gasteiger partial charge >= 0.3 is 0 Å². The highest BCUT2D eigenvalue weighted by molar-refractivity contribution is 5.99. The quantitative estimate of drug-likeness (QED) is 0.776. The van der Waals surface area contributed by atoms with Crippen molar-refractivity contribution >= 4 is 16.8 Å². The van der Waals surface area contributed by atoms with Gasteiger partial charge in [0.1, 0.15) is 18.9 Å². The summed E-state index contributed by atoms with van der Waals surface area (Å²) in [6.07, 6.45) is 0. The first-order valence-corrected chi connectivity index (χ1v) is 8.96. The molecule has 0 bridgehead atoms. The van der Waals surface area contributed by atoms with Gasteiger partial charge in [0, 0.05) is 17.4 Å². The lowest BCUT2D eigenvalue weighted by atomic mass is 10.1. The fourth-order valence-electron chi connectivity index (χ4n) is 3.42. The molecule has 0 saturated carbocycles. The molecule has 1 amide bonds. The van der Waals surface area contributed by atoms with Crippen molar-refractivity contribution in [2.75, 3.05) is 13.2 Å². The van der Waals surface area contributed by atoms with Crippen molar-refractivity contribution in [3.63, 3.8) is 0 Å². The second-order valence-corrected chi connectivity index (χ2v) is 6.43. The van der Waals surface area contributed by atoms with E-state index in [0.29, 0.717) is 18.9 Å². The lowest BCUT2D eigenvalue weighted by Gasteiger charge is -2.21. The van der Waals surface area contributed by atoms with E-state index in [1.54, 1.807) is 0 Å². The summed E-state index contributed by atoms with van der Waals surface area (Å²) in [5, 5.41) is 4.17. The zero-order chi connectivity index (χ0) is 18.1. The Morgan fingerprint density at radius 1 is 1.12 bits per heavy atom. The van der Waals surface area contributed by atoms with Crippen LogP contribution in [0.4, 0.5) is 0 Å². The number of para-hydroxylation sites is 1. The number of nitrogens with one attached hydrogen (secondary N) is 1. The summed E-state index contributed by atoms with van der Waals surface area (Å²) in [5.74, 6) is 1.41. The Morgan fingerprint density at radius 2 is 1.88 bits per heavy atom. The first-order valence-electron chi connectivity index (χ1n) is 8.96. The van der Waals surface area contributed by atoms with Crippen molar-refractivity contribution < 1.29 is 14.3 Å². The number of carbonyl (C=O) groups is 1. The van der Waals surface area contributed by atoms with Crippen LogP contribution in [-0.4, -0.2) is 23.7 Å². The van der Waals surface area contributed by atoms with Crippen molar-refractivity contribution in [2.24, 2.45) is 0 Å². The van der Waals surface area contributed by atoms with Crippen molar-refractivity contribution in [3.8, 4) is 11.5 Å². The van der Waals surface area contributed by atoms with E-state index >= 15 is 0 Å². The molecule has 2 aromatic carbocycles. The van der Waals surface area contributed by atoms with E-state index in [2.05, 4.69) is 5.32 Å². The number of aromatic nitrogens is 1. The maximum Gasteiger partial charge on any atom is 0.268 e. The third-order valence-electron chi connectivity index (χ3n) is 4.77. The van der Waals surface area contributed by atoms with Gasteiger partial charge in [-0.15, -0.1) is 0 Å². The number of hydrogen-bond donors (Lipinski definition) is 1. The van der Waals surface area contributed by atoms with E-state index in [4.69, 9.17) is 9.47 Å². The third kappa shape index (κ3) is 2.90. The fraction of sp³-hybridized carbons (Fsp3) is 0.286. The molecule has 2 heterocycles. The van der Waals surface area contributed by atoms with Crippen LogP contribution in [0, 0.1) is 0 Å². The predicted octanol–water partition coefficient (Wildman–Crippen LogP) is 3.92. The highest BCUT2D eigenvalue weighted by Crippen LogP contribution is 2.32. The molecule has 1 aromatic heterocycles. The fourth-order valence-corrected chi connectivity index (χ4v) is 3.42. The second-order valence-electron chi connectivity index (χ2n) is 6.43. The van der Waals surface area contributed by atoms with Crippen molar-refractivity contribution in [1.82, 2.24) is 9.88 Å². The summed E-state index contributed by atoms with van der Waals surface area (Å²) in [7, 11) is 0. The molecule has 134 valence electrons. The predicted molar refractivity (Wildman–Crippen MR) is 101 cm³/mol. The van der Waals surface area contributed by atoms with E-state index in [0.717, 1.165) is 34.5 Å². The molecular weight excluding hydrogens is 328 g/mol. The largest absolute Gasteiger partial charge is 0.486 e. The average Bonchev–Trinajstić information content (AvgIpc) is 3.06. The van der Waals surface area contributed by atoms with Gasteiger partial charge in [-0.05, 0) is 43.7 Å². The van der Waals surface area contributed by atoms with Crippen LogP contribution in [0.25, 0.3) is 10.9 Å². The smallest absolute Gasteiger partial charge is 0.268 e. The molecule has 1 aliphatic rings. The summed E-state index contributed by atoms with van der Waals surface area (Å²) >= 11 is 0. The second kappa shape index (κ2) is 6.75. The number of hydrogen-bond acceptors (Lipinski definition) is 3. The molecule has 5 heteroatoms. The van der Waals surface area contributed by atoms with Crippen LogP contribution in [0.2, 0.25) is 0 Å². The van der Waals surface area contributed by atoms with Crippen molar-refractivity contribution in [1.29, 1.82) is 0 Å². The van der Waals surface area contributed by atoms with E-state index in [-0.39, 0.29) is 11.9 Å². The minimum atomic E-state index is -0.137. The van der Waals surface area contributed by atoms with Crippen LogP contribution in [0.1, 0.15) is 35.9 Å². The molecular formula is C21H22N2O3. The highest BCUT2D eigenvalue weighted by atomic mass is 16.6.